The van der Waals surface area contributed by atoms with Crippen LogP contribution in [0.1, 0.15) is 31.8 Å². The van der Waals surface area contributed by atoms with Crippen molar-refractivity contribution in [2.45, 2.75) is 18.9 Å². The van der Waals surface area contributed by atoms with E-state index in [0.29, 0.717) is 5.69 Å². The standard InChI is InChI=1S/C33H28N4O5/c38-30(18-21-10-2-1-3-11-21)35-27-16-8-5-13-24(27)31(39)36-28-17-9-6-14-25(28)32(40)37-29(33(41)42)19-22-20-34-26-15-7-4-12-23(22)26/h1-17,20,29,34H,18-19H2,(H,35,38)(H,36,39)(H,37,40)(H,41,42). The predicted octanol–water partition coefficient (Wildman–Crippen LogP) is 5.03. The number of amides is 3. The van der Waals surface area contributed by atoms with Crippen molar-refractivity contribution >= 4 is 46.0 Å². The van der Waals surface area contributed by atoms with Crippen LogP contribution in [0.4, 0.5) is 11.4 Å². The van der Waals surface area contributed by atoms with E-state index in [1.54, 1.807) is 48.7 Å². The average molecular weight is 561 g/mol. The summed E-state index contributed by atoms with van der Waals surface area (Å²) in [5, 5.41) is 18.9. The molecule has 0 bridgehead atoms. The van der Waals surface area contributed by atoms with Gasteiger partial charge in [-0.2, -0.15) is 0 Å². The van der Waals surface area contributed by atoms with Crippen molar-refractivity contribution in [2.24, 2.45) is 0 Å². The molecule has 0 spiro atoms. The molecule has 1 atom stereocenters. The quantitative estimate of drug-likeness (QED) is 0.163. The second-order valence-corrected chi connectivity index (χ2v) is 9.68. The number of aliphatic carboxylic acids is 1. The van der Waals surface area contributed by atoms with Crippen molar-refractivity contribution in [3.8, 4) is 0 Å². The summed E-state index contributed by atoms with van der Waals surface area (Å²) in [6.45, 7) is 0. The number of rotatable bonds is 10. The maximum Gasteiger partial charge on any atom is 0.326 e. The number of hydrogen-bond acceptors (Lipinski definition) is 4. The largest absolute Gasteiger partial charge is 0.480 e. The number of aromatic nitrogens is 1. The Balaban J connectivity index is 1.30. The number of carbonyl (C=O) groups excluding carboxylic acids is 3. The SMILES string of the molecule is O=C(Cc1ccccc1)Nc1ccccc1C(=O)Nc1ccccc1C(=O)NC(Cc1c[nH]c2ccccc12)C(=O)O. The van der Waals surface area contributed by atoms with Crippen molar-refractivity contribution in [3.63, 3.8) is 0 Å². The lowest BCUT2D eigenvalue weighted by Gasteiger charge is -2.17. The topological polar surface area (TPSA) is 140 Å². The number of aromatic amines is 1. The van der Waals surface area contributed by atoms with Gasteiger partial charge in [0.25, 0.3) is 11.8 Å². The molecule has 0 fully saturated rings. The molecule has 9 nitrogen and oxygen atoms in total. The van der Waals surface area contributed by atoms with Gasteiger partial charge < -0.3 is 26.0 Å². The minimum atomic E-state index is -1.21. The fraction of sp³-hybridized carbons (Fsp3) is 0.0909. The summed E-state index contributed by atoms with van der Waals surface area (Å²) < 4.78 is 0. The van der Waals surface area contributed by atoms with E-state index in [9.17, 15) is 24.3 Å². The van der Waals surface area contributed by atoms with E-state index in [1.165, 1.54) is 6.07 Å². The molecule has 5 aromatic rings. The molecule has 3 amide bonds. The lowest BCUT2D eigenvalue weighted by Crippen LogP contribution is -2.42. The molecule has 0 saturated carbocycles. The van der Waals surface area contributed by atoms with E-state index in [1.807, 2.05) is 54.6 Å². The molecule has 4 aromatic carbocycles. The number of benzene rings is 4. The highest BCUT2D eigenvalue weighted by Gasteiger charge is 2.24. The third-order valence-corrected chi connectivity index (χ3v) is 6.78. The minimum absolute atomic E-state index is 0.0651. The molecule has 0 saturated heterocycles. The number of para-hydroxylation sites is 3. The highest BCUT2D eigenvalue weighted by atomic mass is 16.4. The number of carbonyl (C=O) groups is 4. The number of nitrogens with one attached hydrogen (secondary N) is 4. The number of fused-ring (bicyclic) bond motifs is 1. The third-order valence-electron chi connectivity index (χ3n) is 6.78. The minimum Gasteiger partial charge on any atom is -0.480 e. The first-order valence-electron chi connectivity index (χ1n) is 13.3. The van der Waals surface area contributed by atoms with E-state index in [2.05, 4.69) is 20.9 Å². The van der Waals surface area contributed by atoms with Gasteiger partial charge in [0.2, 0.25) is 5.91 Å². The molecule has 1 unspecified atom stereocenters. The van der Waals surface area contributed by atoms with Crippen LogP contribution in [0.25, 0.3) is 10.9 Å². The smallest absolute Gasteiger partial charge is 0.326 e. The molecule has 1 aromatic heterocycles. The van der Waals surface area contributed by atoms with E-state index >= 15 is 0 Å². The van der Waals surface area contributed by atoms with Crippen LogP contribution in [0.2, 0.25) is 0 Å². The molecule has 1 heterocycles. The molecule has 0 aliphatic rings. The first kappa shape index (κ1) is 27.9. The number of carboxylic acid groups (broad SMARTS) is 1. The lowest BCUT2D eigenvalue weighted by molar-refractivity contribution is -0.139. The number of hydrogen-bond donors (Lipinski definition) is 5. The second kappa shape index (κ2) is 12.6. The van der Waals surface area contributed by atoms with Gasteiger partial charge in [-0.25, -0.2) is 4.79 Å². The Labute approximate surface area is 241 Å². The number of H-pyrrole nitrogens is 1. The van der Waals surface area contributed by atoms with Crippen LogP contribution in [0.5, 0.6) is 0 Å². The Morgan fingerprint density at radius 3 is 2.00 bits per heavy atom. The van der Waals surface area contributed by atoms with Crippen molar-refractivity contribution in [1.29, 1.82) is 0 Å². The summed E-state index contributed by atoms with van der Waals surface area (Å²) in [7, 11) is 0. The molecule has 42 heavy (non-hydrogen) atoms. The Bertz CT molecular complexity index is 1760. The fourth-order valence-corrected chi connectivity index (χ4v) is 4.70. The van der Waals surface area contributed by atoms with E-state index in [0.717, 1.165) is 22.0 Å². The molecule has 210 valence electrons. The Hall–Kier alpha value is -5.70. The summed E-state index contributed by atoms with van der Waals surface area (Å²) in [5.41, 5.74) is 3.28. The normalized spacial score (nSPS) is 11.4. The molecule has 5 rings (SSSR count). The van der Waals surface area contributed by atoms with Gasteiger partial charge in [-0.3, -0.25) is 14.4 Å². The Morgan fingerprint density at radius 2 is 1.29 bits per heavy atom. The lowest BCUT2D eigenvalue weighted by atomic mass is 10.0. The van der Waals surface area contributed by atoms with Gasteiger partial charge in [-0.15, -0.1) is 0 Å². The fourth-order valence-electron chi connectivity index (χ4n) is 4.70. The average Bonchev–Trinajstić information content (AvgIpc) is 3.40. The van der Waals surface area contributed by atoms with Crippen LogP contribution in [0.15, 0.2) is 109 Å². The number of anilines is 2. The van der Waals surface area contributed by atoms with Crippen LogP contribution < -0.4 is 16.0 Å². The van der Waals surface area contributed by atoms with Crippen molar-refractivity contribution in [2.75, 3.05) is 10.6 Å². The van der Waals surface area contributed by atoms with Crippen LogP contribution in [0.3, 0.4) is 0 Å². The summed E-state index contributed by atoms with van der Waals surface area (Å²) in [5.74, 6) is -2.66. The Kier molecular flexibility index (Phi) is 8.39. The molecule has 5 N–H and O–H groups in total. The second-order valence-electron chi connectivity index (χ2n) is 9.68. The van der Waals surface area contributed by atoms with Crippen LogP contribution in [-0.4, -0.2) is 39.8 Å². The monoisotopic (exact) mass is 560 g/mol. The zero-order chi connectivity index (χ0) is 29.5. The van der Waals surface area contributed by atoms with Gasteiger partial charge in [0.15, 0.2) is 0 Å². The van der Waals surface area contributed by atoms with Crippen molar-refractivity contribution in [3.05, 3.63) is 132 Å². The summed E-state index contributed by atoms with van der Waals surface area (Å²) in [6, 6.07) is 28.4. The van der Waals surface area contributed by atoms with Gasteiger partial charge in [0.1, 0.15) is 6.04 Å². The maximum absolute atomic E-state index is 13.3. The zero-order valence-corrected chi connectivity index (χ0v) is 22.5. The molecular weight excluding hydrogens is 532 g/mol. The van der Waals surface area contributed by atoms with Crippen LogP contribution in [0, 0.1) is 0 Å². The molecule has 0 aliphatic heterocycles. The summed E-state index contributed by atoms with van der Waals surface area (Å²) >= 11 is 0. The maximum atomic E-state index is 13.3. The first-order chi connectivity index (χ1) is 20.4. The van der Waals surface area contributed by atoms with E-state index in [4.69, 9.17) is 0 Å². The zero-order valence-electron chi connectivity index (χ0n) is 22.5. The van der Waals surface area contributed by atoms with E-state index < -0.39 is 23.8 Å². The van der Waals surface area contributed by atoms with Gasteiger partial charge >= 0.3 is 5.97 Å². The van der Waals surface area contributed by atoms with Gasteiger partial charge in [-0.05, 0) is 41.5 Å². The highest BCUT2D eigenvalue weighted by Crippen LogP contribution is 2.22. The molecular formula is C33H28N4O5. The predicted molar refractivity (Wildman–Crippen MR) is 161 cm³/mol. The van der Waals surface area contributed by atoms with Gasteiger partial charge in [-0.1, -0.05) is 72.8 Å². The van der Waals surface area contributed by atoms with E-state index in [-0.39, 0.29) is 35.6 Å². The molecule has 9 heteroatoms. The van der Waals surface area contributed by atoms with Crippen LogP contribution in [-0.2, 0) is 22.4 Å². The highest BCUT2D eigenvalue weighted by molar-refractivity contribution is 6.13. The first-order valence-corrected chi connectivity index (χ1v) is 13.3. The Morgan fingerprint density at radius 1 is 0.690 bits per heavy atom. The van der Waals surface area contributed by atoms with Gasteiger partial charge in [0, 0.05) is 23.5 Å². The van der Waals surface area contributed by atoms with Crippen molar-refractivity contribution < 1.29 is 24.3 Å². The molecule has 0 radical (unpaired) electrons. The molecule has 0 aliphatic carbocycles. The third kappa shape index (κ3) is 6.53. The number of carboxylic acids is 1. The van der Waals surface area contributed by atoms with Crippen molar-refractivity contribution in [1.82, 2.24) is 10.3 Å². The summed E-state index contributed by atoms with van der Waals surface area (Å²) in [4.78, 5) is 54.5. The summed E-state index contributed by atoms with van der Waals surface area (Å²) in [6.07, 6.45) is 1.94. The van der Waals surface area contributed by atoms with Crippen LogP contribution >= 0.6 is 0 Å². The van der Waals surface area contributed by atoms with Gasteiger partial charge in [0.05, 0.1) is 28.9 Å².